The monoisotopic (exact) mass is 223 g/mol. The third-order valence-electron chi connectivity index (χ3n) is 3.42. The Morgan fingerprint density at radius 1 is 1.13 bits per heavy atom. The van der Waals surface area contributed by atoms with Crippen LogP contribution in [-0.2, 0) is 6.42 Å². The largest absolute Gasteiger partial charge is 0.325 e. The highest BCUT2D eigenvalue weighted by molar-refractivity contribution is 6.30. The molecular weight excluding hydrogens is 206 g/mol. The third-order valence-corrected chi connectivity index (χ3v) is 3.68. The van der Waals surface area contributed by atoms with Gasteiger partial charge in [-0.05, 0) is 43.4 Å². The molecule has 0 unspecified atom stereocenters. The summed E-state index contributed by atoms with van der Waals surface area (Å²) in [6.45, 7) is 0. The van der Waals surface area contributed by atoms with Gasteiger partial charge in [0.1, 0.15) is 0 Å². The molecule has 1 aromatic carbocycles. The molecule has 0 radical (unpaired) electrons. The molecule has 2 rings (SSSR count). The van der Waals surface area contributed by atoms with E-state index in [1.165, 1.54) is 31.2 Å². The molecule has 0 atom stereocenters. The second kappa shape index (κ2) is 4.54. The average molecular weight is 224 g/mol. The van der Waals surface area contributed by atoms with Gasteiger partial charge in [0.2, 0.25) is 0 Å². The summed E-state index contributed by atoms with van der Waals surface area (Å²) in [5, 5.41) is 0.807. The van der Waals surface area contributed by atoms with Gasteiger partial charge in [0.05, 0.1) is 0 Å². The standard InChI is InChI=1S/C13H18ClN/c14-12-5-3-11(4-6-12)7-10-13(15)8-1-2-9-13/h3-6H,1-2,7-10,15H2. The number of rotatable bonds is 3. The molecule has 1 aliphatic carbocycles. The molecule has 0 aromatic heterocycles. The number of benzene rings is 1. The summed E-state index contributed by atoms with van der Waals surface area (Å²) in [7, 11) is 0. The molecule has 1 fully saturated rings. The highest BCUT2D eigenvalue weighted by Crippen LogP contribution is 2.31. The molecule has 1 aromatic rings. The van der Waals surface area contributed by atoms with Gasteiger partial charge in [-0.2, -0.15) is 0 Å². The molecule has 2 N–H and O–H groups in total. The molecule has 82 valence electrons. The Balaban J connectivity index is 1.90. The van der Waals surface area contributed by atoms with Crippen LogP contribution >= 0.6 is 11.6 Å². The summed E-state index contributed by atoms with van der Waals surface area (Å²) in [5.41, 5.74) is 7.77. The zero-order valence-corrected chi connectivity index (χ0v) is 9.76. The van der Waals surface area contributed by atoms with Gasteiger partial charge in [-0.1, -0.05) is 36.6 Å². The van der Waals surface area contributed by atoms with Crippen LogP contribution < -0.4 is 5.73 Å². The molecule has 0 bridgehead atoms. The van der Waals surface area contributed by atoms with E-state index in [4.69, 9.17) is 17.3 Å². The Labute approximate surface area is 96.6 Å². The Morgan fingerprint density at radius 3 is 2.33 bits per heavy atom. The van der Waals surface area contributed by atoms with Crippen molar-refractivity contribution in [2.24, 2.45) is 5.73 Å². The van der Waals surface area contributed by atoms with Crippen LogP contribution in [0.3, 0.4) is 0 Å². The van der Waals surface area contributed by atoms with Crippen LogP contribution in [0.5, 0.6) is 0 Å². The second-order valence-corrected chi connectivity index (χ2v) is 5.13. The van der Waals surface area contributed by atoms with Gasteiger partial charge in [0, 0.05) is 10.6 Å². The molecular formula is C13H18ClN. The first kappa shape index (κ1) is 11.0. The second-order valence-electron chi connectivity index (χ2n) is 4.70. The fourth-order valence-electron chi connectivity index (χ4n) is 2.37. The molecule has 0 heterocycles. The first-order valence-corrected chi connectivity index (χ1v) is 6.09. The highest BCUT2D eigenvalue weighted by Gasteiger charge is 2.28. The Bertz CT molecular complexity index is 312. The fraction of sp³-hybridized carbons (Fsp3) is 0.538. The molecule has 15 heavy (non-hydrogen) atoms. The van der Waals surface area contributed by atoms with Crippen molar-refractivity contribution in [2.75, 3.05) is 0 Å². The van der Waals surface area contributed by atoms with Crippen LogP contribution in [0.2, 0.25) is 5.02 Å². The van der Waals surface area contributed by atoms with E-state index < -0.39 is 0 Å². The van der Waals surface area contributed by atoms with E-state index >= 15 is 0 Å². The molecule has 0 amide bonds. The van der Waals surface area contributed by atoms with E-state index in [9.17, 15) is 0 Å². The van der Waals surface area contributed by atoms with Crippen LogP contribution in [-0.4, -0.2) is 5.54 Å². The lowest BCUT2D eigenvalue weighted by Gasteiger charge is -2.23. The number of hydrogen-bond donors (Lipinski definition) is 1. The van der Waals surface area contributed by atoms with Gasteiger partial charge in [0.15, 0.2) is 0 Å². The first-order valence-electron chi connectivity index (χ1n) is 5.71. The quantitative estimate of drug-likeness (QED) is 0.834. The van der Waals surface area contributed by atoms with E-state index in [1.807, 2.05) is 12.1 Å². The first-order chi connectivity index (χ1) is 7.18. The summed E-state index contributed by atoms with van der Waals surface area (Å²) in [5.74, 6) is 0. The molecule has 1 nitrogen and oxygen atoms in total. The van der Waals surface area contributed by atoms with Gasteiger partial charge >= 0.3 is 0 Å². The van der Waals surface area contributed by atoms with E-state index in [1.54, 1.807) is 0 Å². The maximum atomic E-state index is 6.31. The molecule has 1 aliphatic rings. The van der Waals surface area contributed by atoms with Gasteiger partial charge in [0.25, 0.3) is 0 Å². The molecule has 1 saturated carbocycles. The van der Waals surface area contributed by atoms with Crippen molar-refractivity contribution in [1.82, 2.24) is 0 Å². The average Bonchev–Trinajstić information content (AvgIpc) is 2.65. The van der Waals surface area contributed by atoms with Crippen molar-refractivity contribution in [3.8, 4) is 0 Å². The van der Waals surface area contributed by atoms with E-state index in [0.29, 0.717) is 0 Å². The van der Waals surface area contributed by atoms with Crippen molar-refractivity contribution in [3.63, 3.8) is 0 Å². The Kier molecular flexibility index (Phi) is 3.32. The Hall–Kier alpha value is -0.530. The number of aryl methyl sites for hydroxylation is 1. The van der Waals surface area contributed by atoms with E-state index in [-0.39, 0.29) is 5.54 Å². The zero-order valence-electron chi connectivity index (χ0n) is 9.01. The van der Waals surface area contributed by atoms with Gasteiger partial charge in [-0.25, -0.2) is 0 Å². The molecule has 0 aliphatic heterocycles. The van der Waals surface area contributed by atoms with E-state index in [2.05, 4.69) is 12.1 Å². The van der Waals surface area contributed by atoms with Crippen LogP contribution in [0.1, 0.15) is 37.7 Å². The van der Waals surface area contributed by atoms with Gasteiger partial charge in [-0.3, -0.25) is 0 Å². The van der Waals surface area contributed by atoms with Crippen molar-refractivity contribution < 1.29 is 0 Å². The summed E-state index contributed by atoms with van der Waals surface area (Å²) < 4.78 is 0. The minimum absolute atomic E-state index is 0.111. The fourth-order valence-corrected chi connectivity index (χ4v) is 2.50. The van der Waals surface area contributed by atoms with Crippen molar-refractivity contribution in [1.29, 1.82) is 0 Å². The van der Waals surface area contributed by atoms with Crippen LogP contribution in [0, 0.1) is 0 Å². The number of hydrogen-bond acceptors (Lipinski definition) is 1. The lowest BCUT2D eigenvalue weighted by molar-refractivity contribution is 0.406. The minimum atomic E-state index is 0.111. The SMILES string of the molecule is NC1(CCc2ccc(Cl)cc2)CCCC1. The predicted molar refractivity (Wildman–Crippen MR) is 65.2 cm³/mol. The number of halogens is 1. The van der Waals surface area contributed by atoms with Crippen LogP contribution in [0.25, 0.3) is 0 Å². The topological polar surface area (TPSA) is 26.0 Å². The van der Waals surface area contributed by atoms with Crippen LogP contribution in [0.4, 0.5) is 0 Å². The van der Waals surface area contributed by atoms with E-state index in [0.717, 1.165) is 17.9 Å². The maximum absolute atomic E-state index is 6.31. The summed E-state index contributed by atoms with van der Waals surface area (Å²) in [4.78, 5) is 0. The third kappa shape index (κ3) is 2.96. The molecule has 2 heteroatoms. The number of nitrogens with two attached hydrogens (primary N) is 1. The van der Waals surface area contributed by atoms with Crippen molar-refractivity contribution in [2.45, 2.75) is 44.1 Å². The molecule has 0 saturated heterocycles. The van der Waals surface area contributed by atoms with Crippen molar-refractivity contribution >= 4 is 11.6 Å². The highest BCUT2D eigenvalue weighted by atomic mass is 35.5. The van der Waals surface area contributed by atoms with Gasteiger partial charge in [-0.15, -0.1) is 0 Å². The van der Waals surface area contributed by atoms with Crippen LogP contribution in [0.15, 0.2) is 24.3 Å². The molecule has 0 spiro atoms. The summed E-state index contributed by atoms with van der Waals surface area (Å²) in [6.07, 6.45) is 7.18. The smallest absolute Gasteiger partial charge is 0.0406 e. The normalized spacial score (nSPS) is 19.3. The predicted octanol–water partition coefficient (Wildman–Crippen LogP) is 3.54. The maximum Gasteiger partial charge on any atom is 0.0406 e. The summed E-state index contributed by atoms with van der Waals surface area (Å²) >= 11 is 5.84. The zero-order chi connectivity index (χ0) is 10.7. The lowest BCUT2D eigenvalue weighted by atomic mass is 9.91. The minimum Gasteiger partial charge on any atom is -0.325 e. The lowest BCUT2D eigenvalue weighted by Crippen LogP contribution is -2.36. The van der Waals surface area contributed by atoms with Crippen molar-refractivity contribution in [3.05, 3.63) is 34.9 Å². The summed E-state index contributed by atoms with van der Waals surface area (Å²) in [6, 6.07) is 8.10. The van der Waals surface area contributed by atoms with Gasteiger partial charge < -0.3 is 5.73 Å². The Morgan fingerprint density at radius 2 is 1.73 bits per heavy atom.